The fraction of sp³-hybridized carbons (Fsp3) is 0.150. The highest BCUT2D eigenvalue weighted by atomic mass is 35.5. The van der Waals surface area contributed by atoms with Crippen LogP contribution in [0.15, 0.2) is 47.5 Å². The molecule has 0 aliphatic rings. The van der Waals surface area contributed by atoms with E-state index in [2.05, 4.69) is 41.4 Å². The Morgan fingerprint density at radius 3 is 2.52 bits per heavy atom. The topological polar surface area (TPSA) is 38.7 Å². The molecule has 0 fully saturated rings. The summed E-state index contributed by atoms with van der Waals surface area (Å²) in [6.07, 6.45) is 0. The molecule has 0 amide bonds. The van der Waals surface area contributed by atoms with E-state index in [1.54, 1.807) is 29.2 Å². The molecule has 0 aliphatic heterocycles. The van der Waals surface area contributed by atoms with Crippen LogP contribution in [0.1, 0.15) is 16.1 Å². The Labute approximate surface area is 175 Å². The summed E-state index contributed by atoms with van der Waals surface area (Å²) in [5.74, 6) is 0.681. The summed E-state index contributed by atoms with van der Waals surface area (Å²) in [6.45, 7) is 4.08. The van der Waals surface area contributed by atoms with Gasteiger partial charge in [0.25, 0.3) is 0 Å². The van der Waals surface area contributed by atoms with Gasteiger partial charge in [-0.25, -0.2) is 4.98 Å². The van der Waals surface area contributed by atoms with Crippen molar-refractivity contribution in [2.24, 2.45) is 0 Å². The van der Waals surface area contributed by atoms with Gasteiger partial charge >= 0.3 is 0 Å². The molecule has 3 nitrogen and oxygen atoms in total. The van der Waals surface area contributed by atoms with Crippen molar-refractivity contribution in [2.45, 2.75) is 24.6 Å². The molecule has 2 aromatic carbocycles. The summed E-state index contributed by atoms with van der Waals surface area (Å²) in [7, 11) is 0. The second-order valence-corrected chi connectivity index (χ2v) is 9.17. The number of aryl methyl sites for hydroxylation is 2. The van der Waals surface area contributed by atoms with Gasteiger partial charge in [-0.3, -0.25) is 0 Å². The summed E-state index contributed by atoms with van der Waals surface area (Å²) in [6, 6.07) is 13.9. The van der Waals surface area contributed by atoms with E-state index < -0.39 is 0 Å². The minimum absolute atomic E-state index is 0.633. The Bertz CT molecular complexity index is 1120. The van der Waals surface area contributed by atoms with E-state index in [4.69, 9.17) is 28.2 Å². The predicted octanol–water partition coefficient (Wildman–Crippen LogP) is 6.97. The molecule has 0 unspecified atom stereocenters. The summed E-state index contributed by atoms with van der Waals surface area (Å²) < 4.78 is 1.07. The normalized spacial score (nSPS) is 11.3. The van der Waals surface area contributed by atoms with E-state index in [1.165, 1.54) is 5.56 Å². The molecule has 0 spiro atoms. The number of hydrogen-bond donors (Lipinski definition) is 0. The number of rotatable bonds is 4. The zero-order valence-corrected chi connectivity index (χ0v) is 17.8. The van der Waals surface area contributed by atoms with Gasteiger partial charge in [0.15, 0.2) is 0 Å². The molecule has 136 valence electrons. The number of benzene rings is 2. The fourth-order valence-electron chi connectivity index (χ4n) is 2.70. The zero-order valence-electron chi connectivity index (χ0n) is 14.7. The van der Waals surface area contributed by atoms with Crippen molar-refractivity contribution in [3.63, 3.8) is 0 Å². The van der Waals surface area contributed by atoms with Crippen LogP contribution in [0.4, 0.5) is 0 Å². The van der Waals surface area contributed by atoms with E-state index in [9.17, 15) is 0 Å². The maximum absolute atomic E-state index is 6.29. The highest BCUT2D eigenvalue weighted by Crippen LogP contribution is 2.37. The quantitative estimate of drug-likeness (QED) is 0.327. The van der Waals surface area contributed by atoms with Gasteiger partial charge in [0.05, 0.1) is 9.71 Å². The average molecular weight is 432 g/mol. The number of halogens is 2. The standard InChI is InChI=1S/C20H15Cl2N3S2/c1-11-3-5-13(6-4-11)17-19-18(23-12(2)27-19)20(25-24-17)26-10-14-7-8-15(21)9-16(14)22/h3-9H,10H2,1-2H3. The minimum Gasteiger partial charge on any atom is -0.238 e. The average Bonchev–Trinajstić information content (AvgIpc) is 3.03. The Morgan fingerprint density at radius 1 is 1.00 bits per heavy atom. The van der Waals surface area contributed by atoms with Crippen molar-refractivity contribution in [2.75, 3.05) is 0 Å². The van der Waals surface area contributed by atoms with Gasteiger partial charge in [0, 0.05) is 21.4 Å². The summed E-state index contributed by atoms with van der Waals surface area (Å²) in [4.78, 5) is 4.71. The monoisotopic (exact) mass is 431 g/mol. The zero-order chi connectivity index (χ0) is 19.0. The van der Waals surface area contributed by atoms with Crippen molar-refractivity contribution < 1.29 is 0 Å². The van der Waals surface area contributed by atoms with Crippen LogP contribution in [-0.4, -0.2) is 15.2 Å². The first-order chi connectivity index (χ1) is 13.0. The lowest BCUT2D eigenvalue weighted by molar-refractivity contribution is 0.955. The van der Waals surface area contributed by atoms with Gasteiger partial charge in [-0.2, -0.15) is 0 Å². The molecular formula is C20H15Cl2N3S2. The lowest BCUT2D eigenvalue weighted by Gasteiger charge is -2.07. The van der Waals surface area contributed by atoms with Crippen molar-refractivity contribution >= 4 is 56.5 Å². The first-order valence-electron chi connectivity index (χ1n) is 8.29. The fourth-order valence-corrected chi connectivity index (χ4v) is 5.18. The molecule has 0 saturated heterocycles. The van der Waals surface area contributed by atoms with Crippen LogP contribution in [0.2, 0.25) is 10.0 Å². The summed E-state index contributed by atoms with van der Waals surface area (Å²) in [5.41, 5.74) is 5.06. The Hall–Kier alpha value is -1.66. The number of hydrogen-bond acceptors (Lipinski definition) is 5. The number of thioether (sulfide) groups is 1. The number of aromatic nitrogens is 3. The van der Waals surface area contributed by atoms with Crippen molar-refractivity contribution in [1.82, 2.24) is 15.2 Å². The highest BCUT2D eigenvalue weighted by molar-refractivity contribution is 7.98. The molecule has 0 atom stereocenters. The van der Waals surface area contributed by atoms with E-state index in [-0.39, 0.29) is 0 Å². The van der Waals surface area contributed by atoms with Crippen LogP contribution in [0, 0.1) is 13.8 Å². The van der Waals surface area contributed by atoms with Crippen LogP contribution < -0.4 is 0 Å². The first-order valence-corrected chi connectivity index (χ1v) is 10.8. The van der Waals surface area contributed by atoms with Gasteiger partial charge in [-0.1, -0.05) is 70.9 Å². The molecular weight excluding hydrogens is 417 g/mol. The predicted molar refractivity (Wildman–Crippen MR) is 116 cm³/mol. The highest BCUT2D eigenvalue weighted by Gasteiger charge is 2.16. The Balaban J connectivity index is 1.70. The van der Waals surface area contributed by atoms with E-state index in [0.29, 0.717) is 15.8 Å². The van der Waals surface area contributed by atoms with Crippen molar-refractivity contribution in [3.05, 3.63) is 68.6 Å². The summed E-state index contributed by atoms with van der Waals surface area (Å²) in [5, 5.41) is 12.1. The Morgan fingerprint density at radius 2 is 1.78 bits per heavy atom. The van der Waals surface area contributed by atoms with Crippen LogP contribution >= 0.6 is 46.3 Å². The molecule has 4 aromatic rings. The van der Waals surface area contributed by atoms with Gasteiger partial charge in [-0.15, -0.1) is 21.5 Å². The van der Waals surface area contributed by atoms with E-state index in [0.717, 1.165) is 37.1 Å². The van der Waals surface area contributed by atoms with Crippen molar-refractivity contribution in [3.8, 4) is 11.3 Å². The molecule has 0 aliphatic carbocycles. The van der Waals surface area contributed by atoms with Crippen molar-refractivity contribution in [1.29, 1.82) is 0 Å². The Kier molecular flexibility index (Phi) is 5.37. The van der Waals surface area contributed by atoms with Gasteiger partial charge in [0.2, 0.25) is 0 Å². The van der Waals surface area contributed by atoms with E-state index >= 15 is 0 Å². The summed E-state index contributed by atoms with van der Waals surface area (Å²) >= 11 is 15.5. The largest absolute Gasteiger partial charge is 0.238 e. The molecule has 27 heavy (non-hydrogen) atoms. The molecule has 0 radical (unpaired) electrons. The van der Waals surface area contributed by atoms with Gasteiger partial charge < -0.3 is 0 Å². The first kappa shape index (κ1) is 18.7. The lowest BCUT2D eigenvalue weighted by Crippen LogP contribution is -1.93. The maximum Gasteiger partial charge on any atom is 0.146 e. The third-order valence-electron chi connectivity index (χ3n) is 4.10. The number of nitrogens with zero attached hydrogens (tertiary/aromatic N) is 3. The van der Waals surface area contributed by atoms with E-state index in [1.807, 2.05) is 19.1 Å². The molecule has 2 aromatic heterocycles. The second kappa shape index (κ2) is 7.76. The number of thiazole rings is 1. The number of fused-ring (bicyclic) bond motifs is 1. The van der Waals surface area contributed by atoms with Crippen LogP contribution in [0.25, 0.3) is 21.5 Å². The van der Waals surface area contributed by atoms with Gasteiger partial charge in [0.1, 0.15) is 16.2 Å². The molecule has 0 bridgehead atoms. The second-order valence-electron chi connectivity index (χ2n) is 6.15. The lowest BCUT2D eigenvalue weighted by atomic mass is 10.1. The van der Waals surface area contributed by atoms with Crippen LogP contribution in [0.5, 0.6) is 0 Å². The molecule has 7 heteroatoms. The van der Waals surface area contributed by atoms with Crippen LogP contribution in [0.3, 0.4) is 0 Å². The molecule has 4 rings (SSSR count). The maximum atomic E-state index is 6.29. The third-order valence-corrected chi connectivity index (χ3v) is 6.67. The molecule has 0 N–H and O–H groups in total. The minimum atomic E-state index is 0.633. The third kappa shape index (κ3) is 3.97. The van der Waals surface area contributed by atoms with Crippen LogP contribution in [-0.2, 0) is 5.75 Å². The molecule has 2 heterocycles. The van der Waals surface area contributed by atoms with Gasteiger partial charge in [-0.05, 0) is 31.5 Å². The molecule has 0 saturated carbocycles. The smallest absolute Gasteiger partial charge is 0.146 e. The SMILES string of the molecule is Cc1ccc(-c2nnc(SCc3ccc(Cl)cc3Cl)c3nc(C)sc23)cc1.